The molecule has 4 nitrogen and oxygen atoms in total. The van der Waals surface area contributed by atoms with Crippen molar-refractivity contribution in [3.05, 3.63) is 70.6 Å². The fraction of sp³-hybridized carbons (Fsp3) is 0.238. The molecule has 0 aliphatic carbocycles. The number of hydrogen-bond acceptors (Lipinski definition) is 4. The monoisotopic (exact) mass is 367 g/mol. The summed E-state index contributed by atoms with van der Waals surface area (Å²) in [6.45, 7) is 3.71. The fourth-order valence-corrected chi connectivity index (χ4v) is 3.95. The van der Waals surface area contributed by atoms with Crippen molar-refractivity contribution in [2.24, 2.45) is 0 Å². The second kappa shape index (κ2) is 7.79. The number of rotatable bonds is 6. The van der Waals surface area contributed by atoms with Gasteiger partial charge in [-0.3, -0.25) is 14.5 Å². The number of carbonyl (C=O) groups is 2. The van der Waals surface area contributed by atoms with Crippen LogP contribution in [0.5, 0.6) is 5.75 Å². The SMILES string of the molecule is COc1ccc(C2=C(SCc3ccccc3)C(=O)N(C(C)C)C2=O)cc1. The predicted molar refractivity (Wildman–Crippen MR) is 105 cm³/mol. The predicted octanol–water partition coefficient (Wildman–Crippen LogP) is 4.12. The molecule has 0 aromatic heterocycles. The van der Waals surface area contributed by atoms with Crippen LogP contribution < -0.4 is 4.74 Å². The van der Waals surface area contributed by atoms with Gasteiger partial charge in [0.2, 0.25) is 0 Å². The molecule has 2 aromatic rings. The third-order valence-corrected chi connectivity index (χ3v) is 5.34. The van der Waals surface area contributed by atoms with Gasteiger partial charge in [0.05, 0.1) is 17.6 Å². The molecule has 26 heavy (non-hydrogen) atoms. The van der Waals surface area contributed by atoms with E-state index in [2.05, 4.69) is 0 Å². The van der Waals surface area contributed by atoms with Crippen molar-refractivity contribution in [2.75, 3.05) is 7.11 Å². The fourth-order valence-electron chi connectivity index (χ4n) is 2.87. The normalized spacial score (nSPS) is 14.5. The standard InChI is InChI=1S/C21H21NO3S/c1-14(2)22-20(23)18(16-9-11-17(25-3)12-10-16)19(21(22)24)26-13-15-7-5-4-6-8-15/h4-12,14H,13H2,1-3H3. The van der Waals surface area contributed by atoms with Crippen molar-refractivity contribution in [1.29, 1.82) is 0 Å². The van der Waals surface area contributed by atoms with Crippen LogP contribution in [0.2, 0.25) is 0 Å². The number of nitrogens with zero attached hydrogens (tertiary/aromatic N) is 1. The lowest BCUT2D eigenvalue weighted by molar-refractivity contribution is -0.138. The molecule has 0 spiro atoms. The van der Waals surface area contributed by atoms with Gasteiger partial charge in [0, 0.05) is 11.8 Å². The largest absolute Gasteiger partial charge is 0.497 e. The first-order valence-corrected chi connectivity index (χ1v) is 9.44. The summed E-state index contributed by atoms with van der Waals surface area (Å²) in [5, 5.41) is 0. The molecular weight excluding hydrogens is 346 g/mol. The topological polar surface area (TPSA) is 46.6 Å². The zero-order valence-corrected chi connectivity index (χ0v) is 15.9. The highest BCUT2D eigenvalue weighted by Gasteiger charge is 2.40. The Morgan fingerprint density at radius 3 is 2.19 bits per heavy atom. The number of hydrogen-bond donors (Lipinski definition) is 0. The third-order valence-electron chi connectivity index (χ3n) is 4.19. The van der Waals surface area contributed by atoms with Crippen molar-refractivity contribution < 1.29 is 14.3 Å². The molecule has 0 atom stereocenters. The number of ether oxygens (including phenoxy) is 1. The van der Waals surface area contributed by atoms with E-state index in [1.54, 1.807) is 19.2 Å². The van der Waals surface area contributed by atoms with E-state index in [1.165, 1.54) is 16.7 Å². The minimum Gasteiger partial charge on any atom is -0.497 e. The number of thioether (sulfide) groups is 1. The maximum Gasteiger partial charge on any atom is 0.268 e. The average Bonchev–Trinajstić information content (AvgIpc) is 2.90. The van der Waals surface area contributed by atoms with Gasteiger partial charge in [-0.25, -0.2) is 0 Å². The van der Waals surface area contributed by atoms with Crippen LogP contribution in [-0.4, -0.2) is 29.9 Å². The summed E-state index contributed by atoms with van der Waals surface area (Å²) in [5.74, 6) is 0.911. The minimum absolute atomic E-state index is 0.182. The van der Waals surface area contributed by atoms with Crippen LogP contribution in [-0.2, 0) is 15.3 Å². The molecule has 0 radical (unpaired) electrons. The zero-order chi connectivity index (χ0) is 18.7. The van der Waals surface area contributed by atoms with Crippen molar-refractivity contribution in [1.82, 2.24) is 4.90 Å². The molecule has 1 aliphatic heterocycles. The summed E-state index contributed by atoms with van der Waals surface area (Å²) >= 11 is 1.42. The van der Waals surface area contributed by atoms with Gasteiger partial charge >= 0.3 is 0 Å². The van der Waals surface area contributed by atoms with Gasteiger partial charge in [0.1, 0.15) is 5.75 Å². The highest BCUT2D eigenvalue weighted by molar-refractivity contribution is 8.03. The lowest BCUT2D eigenvalue weighted by atomic mass is 10.1. The molecule has 0 unspecified atom stereocenters. The summed E-state index contributed by atoms with van der Waals surface area (Å²) < 4.78 is 5.19. The molecule has 5 heteroatoms. The van der Waals surface area contributed by atoms with E-state index >= 15 is 0 Å². The van der Waals surface area contributed by atoms with Gasteiger partial charge < -0.3 is 4.74 Å². The van der Waals surface area contributed by atoms with Gasteiger partial charge in [0.15, 0.2) is 0 Å². The van der Waals surface area contributed by atoms with Gasteiger partial charge in [0.25, 0.3) is 11.8 Å². The Kier molecular flexibility index (Phi) is 5.47. The number of amides is 2. The number of methoxy groups -OCH3 is 1. The van der Waals surface area contributed by atoms with Crippen molar-refractivity contribution in [2.45, 2.75) is 25.6 Å². The molecule has 0 bridgehead atoms. The highest BCUT2D eigenvalue weighted by atomic mass is 32.2. The molecule has 134 valence electrons. The number of imide groups is 1. The van der Waals surface area contributed by atoms with Crippen LogP contribution in [0.15, 0.2) is 59.5 Å². The average molecular weight is 367 g/mol. The molecule has 2 aromatic carbocycles. The van der Waals surface area contributed by atoms with Crippen molar-refractivity contribution in [3.8, 4) is 5.75 Å². The number of carbonyl (C=O) groups excluding carboxylic acids is 2. The summed E-state index contributed by atoms with van der Waals surface area (Å²) in [7, 11) is 1.60. The Hall–Kier alpha value is -2.53. The summed E-state index contributed by atoms with van der Waals surface area (Å²) in [6.07, 6.45) is 0. The second-order valence-corrected chi connectivity index (χ2v) is 7.27. The van der Waals surface area contributed by atoms with Gasteiger partial charge in [-0.2, -0.15) is 0 Å². The molecule has 0 fully saturated rings. The van der Waals surface area contributed by atoms with E-state index in [9.17, 15) is 9.59 Å². The molecule has 0 N–H and O–H groups in total. The Morgan fingerprint density at radius 2 is 1.62 bits per heavy atom. The first kappa shape index (κ1) is 18.3. The van der Waals surface area contributed by atoms with Gasteiger partial charge in [-0.1, -0.05) is 42.5 Å². The smallest absolute Gasteiger partial charge is 0.268 e. The zero-order valence-electron chi connectivity index (χ0n) is 15.1. The molecule has 0 saturated heterocycles. The molecule has 1 heterocycles. The van der Waals surface area contributed by atoms with Crippen LogP contribution in [0, 0.1) is 0 Å². The third kappa shape index (κ3) is 3.53. The van der Waals surface area contributed by atoms with Gasteiger partial charge in [-0.05, 0) is 37.1 Å². The summed E-state index contributed by atoms with van der Waals surface area (Å²) in [5.41, 5.74) is 2.33. The maximum absolute atomic E-state index is 12.9. The van der Waals surface area contributed by atoms with Crippen molar-refractivity contribution in [3.63, 3.8) is 0 Å². The molecular formula is C21H21NO3S. The van der Waals surface area contributed by atoms with Crippen LogP contribution in [0.4, 0.5) is 0 Å². The molecule has 0 saturated carbocycles. The van der Waals surface area contributed by atoms with Crippen LogP contribution in [0.25, 0.3) is 5.57 Å². The number of benzene rings is 2. The second-order valence-electron chi connectivity index (χ2n) is 6.28. The maximum atomic E-state index is 12.9. The quantitative estimate of drug-likeness (QED) is 0.721. The van der Waals surface area contributed by atoms with Gasteiger partial charge in [-0.15, -0.1) is 11.8 Å². The van der Waals surface area contributed by atoms with E-state index in [1.807, 2.05) is 56.3 Å². The lowest BCUT2D eigenvalue weighted by Gasteiger charge is -2.19. The van der Waals surface area contributed by atoms with E-state index in [-0.39, 0.29) is 17.9 Å². The summed E-state index contributed by atoms with van der Waals surface area (Å²) in [6, 6.07) is 17.0. The Bertz CT molecular complexity index is 841. The molecule has 3 rings (SSSR count). The lowest BCUT2D eigenvalue weighted by Crippen LogP contribution is -2.37. The van der Waals surface area contributed by atoms with E-state index in [4.69, 9.17) is 4.74 Å². The molecule has 2 amide bonds. The Balaban J connectivity index is 1.97. The van der Waals surface area contributed by atoms with Crippen LogP contribution in [0.3, 0.4) is 0 Å². The van der Waals surface area contributed by atoms with Crippen LogP contribution >= 0.6 is 11.8 Å². The van der Waals surface area contributed by atoms with E-state index in [0.29, 0.717) is 22.0 Å². The Labute approximate surface area is 157 Å². The van der Waals surface area contributed by atoms with E-state index < -0.39 is 0 Å². The van der Waals surface area contributed by atoms with E-state index in [0.717, 1.165) is 11.1 Å². The van der Waals surface area contributed by atoms with Crippen LogP contribution in [0.1, 0.15) is 25.0 Å². The first-order chi connectivity index (χ1) is 12.5. The van der Waals surface area contributed by atoms with Crippen molar-refractivity contribution >= 4 is 29.1 Å². The molecule has 1 aliphatic rings. The highest BCUT2D eigenvalue weighted by Crippen LogP contribution is 2.38. The minimum atomic E-state index is -0.231. The Morgan fingerprint density at radius 1 is 0.962 bits per heavy atom. The summed E-state index contributed by atoms with van der Waals surface area (Å²) in [4.78, 5) is 27.7. The first-order valence-electron chi connectivity index (χ1n) is 8.46.